The number of hydrogen-bond donors (Lipinski definition) is 3. The Morgan fingerprint density at radius 3 is 1.02 bits per heavy atom. The predicted molar refractivity (Wildman–Crippen MR) is 554 cm³/mol. The van der Waals surface area contributed by atoms with Crippen LogP contribution < -0.4 is 20.9 Å². The summed E-state index contributed by atoms with van der Waals surface area (Å²) in [6.45, 7) is 102. The number of rotatable bonds is 0. The molecule has 4 aromatic rings. The number of para-hydroxylation sites is 3. The highest BCUT2D eigenvalue weighted by Crippen LogP contribution is 2.37. The van der Waals surface area contributed by atoms with E-state index in [-0.39, 0.29) is 22.2 Å². The number of fused-ring (bicyclic) bond motifs is 2. The van der Waals surface area contributed by atoms with Crippen LogP contribution >= 0.6 is 35.3 Å². The quantitative estimate of drug-likeness (QED) is 0.153. The second-order valence-corrected chi connectivity index (χ2v) is 50.6. The molecule has 0 aliphatic carbocycles. The molecule has 2 aromatic carbocycles. The van der Waals surface area contributed by atoms with Crippen molar-refractivity contribution in [3.63, 3.8) is 0 Å². The SMILES string of the molecule is CC(C)(C)N1CCCC1.CC(C)(C)N1CCCCC1.CC(C)(C)N1CCCCCC1.CC(C)(C)N1CCCCSC1.CC(C)(C)N1CCCOCC1.CC(C)(C)N1CCOCC1.CC(C)(C)N1CCSC1.CC(C)(C)N1CCSCC1.CC(C)(C)N1Cc2ccccc2N1O.CC(C)(C)N1NN(O)c2ccccc21.CC(C)(C)n1ccnc1.CC(C)(C)n1ccnn1. The van der Waals surface area contributed by atoms with Crippen molar-refractivity contribution in [1.29, 1.82) is 0 Å². The highest BCUT2D eigenvalue weighted by Gasteiger charge is 2.36. The third-order valence-corrected chi connectivity index (χ3v) is 27.0. The Morgan fingerprint density at radius 2 is 0.669 bits per heavy atom. The summed E-state index contributed by atoms with van der Waals surface area (Å²) >= 11 is 6.18. The van der Waals surface area contributed by atoms with Crippen LogP contribution in [0.4, 0.5) is 17.1 Å². The molecule has 12 heterocycles. The van der Waals surface area contributed by atoms with Crippen LogP contribution in [0.25, 0.3) is 0 Å². The second kappa shape index (κ2) is 55.0. The lowest BCUT2D eigenvalue weighted by molar-refractivity contribution is -0.00389. The van der Waals surface area contributed by atoms with E-state index < -0.39 is 0 Å². The molecule has 2 aromatic heterocycles. The molecule has 22 nitrogen and oxygen atoms in total. The van der Waals surface area contributed by atoms with Gasteiger partial charge in [-0.05, 0) is 382 Å². The van der Waals surface area contributed by atoms with Crippen molar-refractivity contribution in [2.45, 2.75) is 399 Å². The maximum atomic E-state index is 9.94. The lowest BCUT2D eigenvalue weighted by atomic mass is 10.0. The molecule has 0 spiro atoms. The highest BCUT2D eigenvalue weighted by atomic mass is 32.2. The van der Waals surface area contributed by atoms with E-state index in [1.165, 1.54) is 195 Å². The molecule has 3 N–H and O–H groups in total. The highest BCUT2D eigenvalue weighted by molar-refractivity contribution is 7.99. The fourth-order valence-corrected chi connectivity index (χ4v) is 18.7. The van der Waals surface area contributed by atoms with Gasteiger partial charge in [0, 0.05) is 167 Å². The minimum absolute atomic E-state index is 0.0617. The zero-order valence-corrected chi connectivity index (χ0v) is 91.2. The Bertz CT molecular complexity index is 3210. The molecule has 0 bridgehead atoms. The first-order valence-electron chi connectivity index (χ1n) is 48.8. The fraction of sp³-hybridized carbons (Fsp3) is 0.833. The predicted octanol–water partition coefficient (Wildman–Crippen LogP) is 22.6. The molecule has 0 unspecified atom stereocenters. The zero-order chi connectivity index (χ0) is 96.1. The smallest absolute Gasteiger partial charge is 0.109 e. The van der Waals surface area contributed by atoms with Crippen molar-refractivity contribution in [3.8, 4) is 0 Å². The Labute approximate surface area is 794 Å². The number of benzene rings is 2. The number of nitrogens with one attached hydrogen (secondary N) is 1. The molecular formula is C102H198N18O4S3. The van der Waals surface area contributed by atoms with Gasteiger partial charge in [0.05, 0.1) is 49.3 Å². The number of aromatic nitrogens is 5. The minimum atomic E-state index is -0.0758. The minimum Gasteiger partial charge on any atom is -0.380 e. The lowest BCUT2D eigenvalue weighted by Crippen LogP contribution is -2.52. The van der Waals surface area contributed by atoms with Crippen LogP contribution in [0.15, 0.2) is 79.6 Å². The van der Waals surface area contributed by atoms with Crippen LogP contribution in [0.2, 0.25) is 0 Å². The number of anilines is 3. The number of nitrogens with zero attached hydrogens (tertiary/aromatic N) is 17. The Balaban J connectivity index is 0.000000358. The van der Waals surface area contributed by atoms with Crippen molar-refractivity contribution in [3.05, 3.63) is 85.2 Å². The number of imidazole rings is 1. The van der Waals surface area contributed by atoms with Gasteiger partial charge in [-0.2, -0.15) is 27.1 Å². The van der Waals surface area contributed by atoms with Gasteiger partial charge in [-0.15, -0.1) is 34.2 Å². The summed E-state index contributed by atoms with van der Waals surface area (Å²) in [5, 5.41) is 33.3. The number of hydrogen-bond acceptors (Lipinski definition) is 23. The largest absolute Gasteiger partial charge is 0.380 e. The molecule has 8 saturated heterocycles. The van der Waals surface area contributed by atoms with Gasteiger partial charge in [-0.3, -0.25) is 54.6 Å². The van der Waals surface area contributed by atoms with Gasteiger partial charge >= 0.3 is 0 Å². The molecular weight excluding hydrogens is 1640 g/mol. The summed E-state index contributed by atoms with van der Waals surface area (Å²) in [4.78, 5) is 24.3. The number of likely N-dealkylation sites (tertiary alicyclic amines) is 3. The zero-order valence-electron chi connectivity index (χ0n) is 88.7. The van der Waals surface area contributed by atoms with Crippen LogP contribution in [-0.4, -0.2) is 287 Å². The summed E-state index contributed by atoms with van der Waals surface area (Å²) in [5.41, 5.74) is 9.82. The summed E-state index contributed by atoms with van der Waals surface area (Å²) in [7, 11) is 0. The third kappa shape index (κ3) is 47.6. The van der Waals surface area contributed by atoms with Crippen molar-refractivity contribution in [1.82, 2.24) is 74.3 Å². The van der Waals surface area contributed by atoms with Crippen molar-refractivity contribution < 1.29 is 19.9 Å². The molecule has 0 amide bonds. The molecule has 14 rings (SSSR count). The number of hydrazine groups is 3. The van der Waals surface area contributed by atoms with Crippen LogP contribution in [0.3, 0.4) is 0 Å². The van der Waals surface area contributed by atoms with Crippen LogP contribution in [-0.2, 0) is 27.1 Å². The van der Waals surface area contributed by atoms with Gasteiger partial charge in [-0.1, -0.05) is 54.8 Å². The maximum Gasteiger partial charge on any atom is 0.109 e. The van der Waals surface area contributed by atoms with E-state index in [9.17, 15) is 10.4 Å². The number of ether oxygens (including phenoxy) is 2. The summed E-state index contributed by atoms with van der Waals surface area (Å²) in [6.07, 6.45) is 25.8. The maximum absolute atomic E-state index is 9.94. The number of piperidine rings is 1. The van der Waals surface area contributed by atoms with Gasteiger partial charge < -0.3 is 14.0 Å². The van der Waals surface area contributed by atoms with Gasteiger partial charge in [0.2, 0.25) is 0 Å². The lowest BCUT2D eigenvalue weighted by Gasteiger charge is -2.38. The Hall–Kier alpha value is -3.32. The molecule has 8 fully saturated rings. The fourth-order valence-electron chi connectivity index (χ4n) is 15.3. The molecule has 0 atom stereocenters. The van der Waals surface area contributed by atoms with Crippen LogP contribution in [0.1, 0.15) is 332 Å². The third-order valence-electron chi connectivity index (χ3n) is 24.0. The van der Waals surface area contributed by atoms with E-state index >= 15 is 0 Å². The average molecular weight is 1840 g/mol. The van der Waals surface area contributed by atoms with E-state index in [4.69, 9.17) is 9.47 Å². The molecule has 10 aliphatic rings. The molecule has 738 valence electrons. The average Bonchev–Trinajstić information content (AvgIpc) is 1.64. The summed E-state index contributed by atoms with van der Waals surface area (Å²) < 4.78 is 14.5. The number of thioether (sulfide) groups is 3. The van der Waals surface area contributed by atoms with Crippen molar-refractivity contribution in [2.24, 2.45) is 0 Å². The van der Waals surface area contributed by atoms with E-state index in [0.29, 0.717) is 44.3 Å². The van der Waals surface area contributed by atoms with E-state index in [1.807, 2.05) is 93.7 Å². The first-order valence-corrected chi connectivity index (χ1v) is 52.3. The summed E-state index contributed by atoms with van der Waals surface area (Å²) in [6, 6.07) is 15.6. The topological polar surface area (TPSA) is 158 Å². The van der Waals surface area contributed by atoms with Crippen molar-refractivity contribution in [2.75, 3.05) is 168 Å². The van der Waals surface area contributed by atoms with E-state index in [0.717, 1.165) is 74.8 Å². The molecule has 0 radical (unpaired) electrons. The summed E-state index contributed by atoms with van der Waals surface area (Å²) in [5.74, 6) is 7.76. The van der Waals surface area contributed by atoms with Gasteiger partial charge in [0.1, 0.15) is 5.69 Å². The monoisotopic (exact) mass is 1840 g/mol. The standard InChI is InChI=1S/C11H16N2O.C10H15N3O.C10H21N.C9H19NO.C9H19NS.C9H19N.C8H17NO.C8H17NS.C8H17N.C7H12N2.C7H15NS.C6H11N3/c1-11(2,3)12-8-9-6-4-5-7-10(9)13(12)14;1-10(2,3)12-8-6-4-5-7-9(8)13(14)11-12;1-10(2,3)11-8-6-4-5-7-9-11;1-9(2,3)10-5-4-7-11-8-6-10;1-9(2,3)10-6-4-5-7-11-8-10;1-9(2,3)10-7-5-4-6-8-10;2*1-8(2,3)9-4-6-10-7-5-9;1-8(2,3)9-6-4-5-7-9;1-7(2,3)9-5-4-8-6-9;1-7(2,3)8-4-5-9-6-8;1-6(2,3)9-5-4-7-8-9/h4-7,14H,8H2,1-3H3;4-7,11,14H,1-3H3;4-9H2,1-3H3;2*4-8H2,1-3H3;4-8H2,1-3H3;2*4-7H2,1-3H3;4-7H2,1-3H3;4-6H,1-3H3;4-6H2,1-3H3;4-5H,1-3H3. The molecule has 25 heteroatoms. The first kappa shape index (κ1) is 118. The van der Waals surface area contributed by atoms with Crippen molar-refractivity contribution >= 4 is 52.3 Å². The van der Waals surface area contributed by atoms with Gasteiger partial charge in [0.15, 0.2) is 0 Å². The van der Waals surface area contributed by atoms with Gasteiger partial charge in [0.25, 0.3) is 0 Å². The first-order chi connectivity index (χ1) is 58.5. The van der Waals surface area contributed by atoms with Crippen LogP contribution in [0.5, 0.6) is 0 Å². The Kier molecular flexibility index (Phi) is 51.1. The molecule has 127 heavy (non-hydrogen) atoms. The number of morpholine rings is 1. The van der Waals surface area contributed by atoms with E-state index in [1.54, 1.807) is 12.4 Å². The molecule has 10 aliphatic heterocycles. The van der Waals surface area contributed by atoms with Crippen LogP contribution in [0, 0.1) is 0 Å². The Morgan fingerprint density at radius 1 is 0.315 bits per heavy atom. The second-order valence-electron chi connectivity index (χ2n) is 47.2. The molecule has 0 saturated carbocycles. The normalized spacial score (nSPS) is 20.1. The van der Waals surface area contributed by atoms with E-state index in [2.05, 4.69) is 337 Å². The van der Waals surface area contributed by atoms with Gasteiger partial charge in [-0.25, -0.2) is 9.67 Å².